The molecule has 0 aromatic heterocycles. The van der Waals surface area contributed by atoms with Crippen molar-refractivity contribution in [1.29, 1.82) is 0 Å². The lowest BCUT2D eigenvalue weighted by atomic mass is 9.55. The quantitative estimate of drug-likeness (QED) is 0.320. The number of non-ortho nitro benzene ring substituents is 1. The summed E-state index contributed by atoms with van der Waals surface area (Å²) in [6.07, 6.45) is -0.0934. The molecular formula is C23H21NO7. The van der Waals surface area contributed by atoms with Gasteiger partial charge < -0.3 is 9.47 Å². The van der Waals surface area contributed by atoms with Gasteiger partial charge in [0.25, 0.3) is 11.5 Å². The van der Waals surface area contributed by atoms with Crippen LogP contribution < -0.4 is 0 Å². The maximum absolute atomic E-state index is 13.5. The third-order valence-corrected chi connectivity index (χ3v) is 6.02. The van der Waals surface area contributed by atoms with Gasteiger partial charge in [0, 0.05) is 50.7 Å². The van der Waals surface area contributed by atoms with E-state index in [-0.39, 0.29) is 24.3 Å². The minimum absolute atomic E-state index is 0.0158. The molecule has 1 saturated carbocycles. The number of hydrogen-bond donors (Lipinski definition) is 0. The van der Waals surface area contributed by atoms with Crippen LogP contribution in [0, 0.1) is 15.5 Å². The van der Waals surface area contributed by atoms with Gasteiger partial charge in [0.2, 0.25) is 0 Å². The molecule has 1 spiro atoms. The van der Waals surface area contributed by atoms with Gasteiger partial charge in [0.1, 0.15) is 5.78 Å². The smallest absolute Gasteiger partial charge is 0.328 e. The molecule has 4 rings (SSSR count). The fraction of sp³-hybridized carbons (Fsp3) is 0.348. The molecule has 2 fully saturated rings. The van der Waals surface area contributed by atoms with Crippen molar-refractivity contribution >= 4 is 23.4 Å². The Morgan fingerprint density at radius 1 is 0.839 bits per heavy atom. The number of hydrogen-bond acceptors (Lipinski definition) is 7. The van der Waals surface area contributed by atoms with E-state index >= 15 is 0 Å². The number of nitro groups is 1. The van der Waals surface area contributed by atoms with Crippen LogP contribution in [-0.2, 0) is 23.9 Å². The molecule has 2 aromatic carbocycles. The Hall–Kier alpha value is -3.55. The maximum atomic E-state index is 13.5. The first kappa shape index (κ1) is 20.7. The van der Waals surface area contributed by atoms with Crippen LogP contribution in [0.15, 0.2) is 54.6 Å². The van der Waals surface area contributed by atoms with Gasteiger partial charge in [-0.05, 0) is 11.1 Å². The SMILES string of the molecule is CC1(C)OC(=O)C2(C(=O)O1)[C@@H](c1ccccc1)CC(=O)C[C@H]2c1ccc([N+](=O)[O-])cc1. The number of rotatable bonds is 3. The van der Waals surface area contributed by atoms with Gasteiger partial charge in [0.05, 0.1) is 4.92 Å². The minimum Gasteiger partial charge on any atom is -0.422 e. The molecule has 1 aliphatic carbocycles. The lowest BCUT2D eigenvalue weighted by Gasteiger charge is -2.49. The van der Waals surface area contributed by atoms with Crippen LogP contribution in [0.25, 0.3) is 0 Å². The van der Waals surface area contributed by atoms with Crippen LogP contribution in [-0.4, -0.2) is 28.4 Å². The summed E-state index contributed by atoms with van der Waals surface area (Å²) in [5.41, 5.74) is -0.792. The summed E-state index contributed by atoms with van der Waals surface area (Å²) >= 11 is 0. The summed E-state index contributed by atoms with van der Waals surface area (Å²) < 4.78 is 11.1. The van der Waals surface area contributed by atoms with Crippen LogP contribution in [0.1, 0.15) is 49.7 Å². The zero-order chi connectivity index (χ0) is 22.4. The van der Waals surface area contributed by atoms with E-state index in [0.717, 1.165) is 0 Å². The fourth-order valence-electron chi connectivity index (χ4n) is 4.67. The van der Waals surface area contributed by atoms with Gasteiger partial charge in [-0.2, -0.15) is 0 Å². The summed E-state index contributed by atoms with van der Waals surface area (Å²) in [5, 5.41) is 11.1. The predicted molar refractivity (Wildman–Crippen MR) is 108 cm³/mol. The highest BCUT2D eigenvalue weighted by atomic mass is 16.7. The molecule has 0 bridgehead atoms. The second-order valence-corrected chi connectivity index (χ2v) is 8.36. The molecule has 2 aromatic rings. The van der Waals surface area contributed by atoms with Gasteiger partial charge in [-0.3, -0.25) is 24.5 Å². The molecule has 1 aliphatic heterocycles. The first-order valence-corrected chi connectivity index (χ1v) is 9.93. The van der Waals surface area contributed by atoms with Crippen LogP contribution in [0.4, 0.5) is 5.69 Å². The van der Waals surface area contributed by atoms with E-state index in [4.69, 9.17) is 9.47 Å². The number of carbonyl (C=O) groups excluding carboxylic acids is 3. The van der Waals surface area contributed by atoms with Crippen molar-refractivity contribution in [3.63, 3.8) is 0 Å². The number of ketones is 1. The second kappa shape index (κ2) is 7.30. The van der Waals surface area contributed by atoms with Crippen molar-refractivity contribution in [2.45, 2.75) is 44.3 Å². The van der Waals surface area contributed by atoms with E-state index < -0.39 is 39.9 Å². The molecule has 8 nitrogen and oxygen atoms in total. The molecule has 1 heterocycles. The van der Waals surface area contributed by atoms with E-state index in [9.17, 15) is 24.5 Å². The molecule has 0 unspecified atom stereocenters. The zero-order valence-corrected chi connectivity index (χ0v) is 17.1. The molecule has 8 heteroatoms. The number of ether oxygens (including phenoxy) is 2. The Morgan fingerprint density at radius 2 is 1.32 bits per heavy atom. The van der Waals surface area contributed by atoms with E-state index in [2.05, 4.69) is 0 Å². The summed E-state index contributed by atoms with van der Waals surface area (Å²) in [4.78, 5) is 50.3. The number of carbonyl (C=O) groups is 3. The summed E-state index contributed by atoms with van der Waals surface area (Å²) in [5.74, 6) is -4.71. The van der Waals surface area contributed by atoms with Crippen molar-refractivity contribution in [2.75, 3.05) is 0 Å². The third kappa shape index (κ3) is 3.37. The highest BCUT2D eigenvalue weighted by molar-refractivity contribution is 6.06. The van der Waals surface area contributed by atoms with E-state index in [1.807, 2.05) is 0 Å². The molecule has 160 valence electrons. The highest BCUT2D eigenvalue weighted by Crippen LogP contribution is 2.57. The van der Waals surface area contributed by atoms with Crippen molar-refractivity contribution in [3.05, 3.63) is 75.8 Å². The second-order valence-electron chi connectivity index (χ2n) is 8.36. The van der Waals surface area contributed by atoms with Crippen molar-refractivity contribution in [3.8, 4) is 0 Å². The van der Waals surface area contributed by atoms with Crippen LogP contribution in [0.3, 0.4) is 0 Å². The lowest BCUT2D eigenvalue weighted by Crippen LogP contribution is -2.61. The normalized spacial score (nSPS) is 24.4. The Kier molecular flexibility index (Phi) is 4.88. The predicted octanol–water partition coefficient (Wildman–Crippen LogP) is 3.65. The standard InChI is InChI=1S/C23H21NO7/c1-22(2)30-20(26)23(21(27)31-22)18(14-6-4-3-5-7-14)12-17(25)13-19(23)15-8-10-16(11-9-15)24(28)29/h3-11,18-19H,12-13H2,1-2H3/t18-,19+/m1/s1. The zero-order valence-electron chi connectivity index (χ0n) is 17.1. The minimum atomic E-state index is -1.78. The first-order chi connectivity index (χ1) is 14.6. The van der Waals surface area contributed by atoms with E-state index in [1.165, 1.54) is 38.1 Å². The Labute approximate surface area is 178 Å². The number of nitro benzene ring substituents is 1. The summed E-state index contributed by atoms with van der Waals surface area (Å²) in [7, 11) is 0. The molecule has 2 atom stereocenters. The largest absolute Gasteiger partial charge is 0.422 e. The van der Waals surface area contributed by atoms with Crippen molar-refractivity contribution in [2.24, 2.45) is 5.41 Å². The number of esters is 2. The van der Waals surface area contributed by atoms with Gasteiger partial charge in [-0.15, -0.1) is 0 Å². The van der Waals surface area contributed by atoms with Crippen LogP contribution in [0.5, 0.6) is 0 Å². The van der Waals surface area contributed by atoms with Crippen LogP contribution >= 0.6 is 0 Å². The number of cyclic esters (lactones) is 2. The molecule has 1 saturated heterocycles. The average molecular weight is 423 g/mol. The topological polar surface area (TPSA) is 113 Å². The van der Waals surface area contributed by atoms with Crippen molar-refractivity contribution in [1.82, 2.24) is 0 Å². The van der Waals surface area contributed by atoms with Crippen LogP contribution in [0.2, 0.25) is 0 Å². The van der Waals surface area contributed by atoms with E-state index in [0.29, 0.717) is 11.1 Å². The van der Waals surface area contributed by atoms with Crippen molar-refractivity contribution < 1.29 is 28.8 Å². The highest BCUT2D eigenvalue weighted by Gasteiger charge is 2.67. The Bertz CT molecular complexity index is 1040. The molecule has 2 aliphatic rings. The Morgan fingerprint density at radius 3 is 1.81 bits per heavy atom. The maximum Gasteiger partial charge on any atom is 0.328 e. The molecule has 0 radical (unpaired) electrons. The monoisotopic (exact) mass is 423 g/mol. The molecule has 0 amide bonds. The molecule has 0 N–H and O–H groups in total. The fourth-order valence-corrected chi connectivity index (χ4v) is 4.67. The van der Waals surface area contributed by atoms with Gasteiger partial charge in [0.15, 0.2) is 5.41 Å². The number of benzene rings is 2. The summed E-state index contributed by atoms with van der Waals surface area (Å²) in [6, 6.07) is 14.4. The third-order valence-electron chi connectivity index (χ3n) is 6.02. The first-order valence-electron chi connectivity index (χ1n) is 9.93. The Balaban J connectivity index is 1.91. The molecule has 31 heavy (non-hydrogen) atoms. The van der Waals surface area contributed by atoms with Gasteiger partial charge in [-0.25, -0.2) is 0 Å². The number of Topliss-reactive ketones (excluding diaryl/α,β-unsaturated/α-hetero) is 1. The van der Waals surface area contributed by atoms with Gasteiger partial charge in [-0.1, -0.05) is 42.5 Å². The summed E-state index contributed by atoms with van der Waals surface area (Å²) in [6.45, 7) is 2.95. The van der Waals surface area contributed by atoms with E-state index in [1.54, 1.807) is 30.3 Å². The van der Waals surface area contributed by atoms with Gasteiger partial charge >= 0.3 is 11.9 Å². The number of nitrogens with zero attached hydrogens (tertiary/aromatic N) is 1. The lowest BCUT2D eigenvalue weighted by molar-refractivity contribution is -0.384. The molecular weight excluding hydrogens is 402 g/mol. The average Bonchev–Trinajstić information content (AvgIpc) is 2.72.